The molecule has 1 aliphatic rings. The molecule has 8 heteroatoms. The summed E-state index contributed by atoms with van der Waals surface area (Å²) in [4.78, 5) is 42.6. The van der Waals surface area contributed by atoms with Gasteiger partial charge >= 0.3 is 5.97 Å². The largest absolute Gasteiger partial charge is 0.465 e. The van der Waals surface area contributed by atoms with Gasteiger partial charge in [0.2, 0.25) is 5.56 Å². The van der Waals surface area contributed by atoms with Gasteiger partial charge in [-0.05, 0) is 30.7 Å². The van der Waals surface area contributed by atoms with Crippen LogP contribution in [0.2, 0.25) is 5.02 Å². The number of rotatable bonds is 5. The molecule has 1 amide bonds. The van der Waals surface area contributed by atoms with Gasteiger partial charge in [0, 0.05) is 43.5 Å². The summed E-state index contributed by atoms with van der Waals surface area (Å²) < 4.78 is 5.27. The molecule has 1 aromatic carbocycles. The fourth-order valence-electron chi connectivity index (χ4n) is 3.27. The first-order chi connectivity index (χ1) is 13.5. The van der Waals surface area contributed by atoms with E-state index in [-0.39, 0.29) is 17.4 Å². The van der Waals surface area contributed by atoms with Crippen LogP contribution in [0.25, 0.3) is 0 Å². The molecule has 148 valence electrons. The van der Waals surface area contributed by atoms with E-state index in [1.165, 1.54) is 18.3 Å². The fourth-order valence-corrected chi connectivity index (χ4v) is 3.40. The average Bonchev–Trinajstić information content (AvgIpc) is 2.70. The number of hydrogen-bond acceptors (Lipinski definition) is 5. The molecule has 3 rings (SSSR count). The minimum atomic E-state index is -0.539. The smallest absolute Gasteiger partial charge is 0.328 e. The molecule has 1 saturated heterocycles. The van der Waals surface area contributed by atoms with Crippen LogP contribution in [0.1, 0.15) is 28.9 Å². The Labute approximate surface area is 167 Å². The molecule has 2 aromatic rings. The zero-order valence-electron chi connectivity index (χ0n) is 15.6. The molecule has 1 aromatic heterocycles. The van der Waals surface area contributed by atoms with Gasteiger partial charge in [-0.2, -0.15) is 0 Å². The van der Waals surface area contributed by atoms with Gasteiger partial charge in [-0.3, -0.25) is 14.5 Å². The quantitative estimate of drug-likeness (QED) is 0.773. The summed E-state index contributed by atoms with van der Waals surface area (Å²) in [5.41, 5.74) is 0.998. The van der Waals surface area contributed by atoms with Crippen molar-refractivity contribution in [2.45, 2.75) is 13.0 Å². The van der Waals surface area contributed by atoms with Crippen molar-refractivity contribution in [1.82, 2.24) is 14.8 Å². The zero-order chi connectivity index (χ0) is 20.1. The van der Waals surface area contributed by atoms with Gasteiger partial charge in [-0.25, -0.2) is 4.79 Å². The van der Waals surface area contributed by atoms with Crippen molar-refractivity contribution in [3.8, 4) is 0 Å². The number of halogens is 1. The Morgan fingerprint density at radius 1 is 1.11 bits per heavy atom. The van der Waals surface area contributed by atoms with Crippen LogP contribution < -0.4 is 5.56 Å². The summed E-state index contributed by atoms with van der Waals surface area (Å²) in [5.74, 6) is -0.458. The molecule has 1 atom stereocenters. The monoisotopic (exact) mass is 403 g/mol. The van der Waals surface area contributed by atoms with Gasteiger partial charge in [0.05, 0.1) is 12.2 Å². The predicted molar refractivity (Wildman–Crippen MR) is 105 cm³/mol. The van der Waals surface area contributed by atoms with E-state index in [4.69, 9.17) is 16.3 Å². The lowest BCUT2D eigenvalue weighted by Crippen LogP contribution is -2.51. The van der Waals surface area contributed by atoms with E-state index in [0.717, 1.165) is 5.56 Å². The third-order valence-electron chi connectivity index (χ3n) is 4.69. The molecular formula is C20H22ClN3O4. The predicted octanol–water partition coefficient (Wildman–Crippen LogP) is 2.09. The number of pyridine rings is 1. The number of carbonyl (C=O) groups is 2. The van der Waals surface area contributed by atoms with Gasteiger partial charge in [0.25, 0.3) is 5.91 Å². The highest BCUT2D eigenvalue weighted by molar-refractivity contribution is 6.30. The Kier molecular flexibility index (Phi) is 6.49. The van der Waals surface area contributed by atoms with Crippen LogP contribution in [0.5, 0.6) is 0 Å². The number of aromatic nitrogens is 1. The van der Waals surface area contributed by atoms with E-state index in [2.05, 4.69) is 4.98 Å². The maximum absolute atomic E-state index is 12.6. The molecule has 1 fully saturated rings. The number of ether oxygens (including phenoxy) is 1. The van der Waals surface area contributed by atoms with E-state index in [9.17, 15) is 14.4 Å². The van der Waals surface area contributed by atoms with E-state index >= 15 is 0 Å². The van der Waals surface area contributed by atoms with Crippen LogP contribution in [0.3, 0.4) is 0 Å². The zero-order valence-corrected chi connectivity index (χ0v) is 16.3. The second kappa shape index (κ2) is 9.03. The molecule has 0 bridgehead atoms. The molecule has 0 saturated carbocycles. The highest BCUT2D eigenvalue weighted by atomic mass is 35.5. The second-order valence-corrected chi connectivity index (χ2v) is 6.91. The molecule has 2 heterocycles. The van der Waals surface area contributed by atoms with Crippen LogP contribution >= 0.6 is 11.6 Å². The van der Waals surface area contributed by atoms with E-state index in [1.54, 1.807) is 24.0 Å². The molecule has 0 aliphatic carbocycles. The number of piperazine rings is 1. The number of nitrogens with zero attached hydrogens (tertiary/aromatic N) is 2. The van der Waals surface area contributed by atoms with Crippen LogP contribution in [0.4, 0.5) is 0 Å². The topological polar surface area (TPSA) is 82.7 Å². The summed E-state index contributed by atoms with van der Waals surface area (Å²) in [6, 6.07) is 9.45. The lowest BCUT2D eigenvalue weighted by molar-refractivity contribution is -0.150. The maximum Gasteiger partial charge on any atom is 0.328 e. The highest BCUT2D eigenvalue weighted by Crippen LogP contribution is 2.25. The number of esters is 1. The first kappa shape index (κ1) is 20.1. The molecule has 1 aliphatic heterocycles. The van der Waals surface area contributed by atoms with Crippen molar-refractivity contribution in [3.63, 3.8) is 0 Å². The second-order valence-electron chi connectivity index (χ2n) is 6.48. The molecule has 0 spiro atoms. The van der Waals surface area contributed by atoms with Crippen LogP contribution in [0.15, 0.2) is 47.4 Å². The summed E-state index contributed by atoms with van der Waals surface area (Å²) in [7, 11) is 0. The summed E-state index contributed by atoms with van der Waals surface area (Å²) >= 11 is 5.97. The fraction of sp³-hybridized carbons (Fsp3) is 0.350. The Hall–Kier alpha value is -2.64. The maximum atomic E-state index is 12.6. The van der Waals surface area contributed by atoms with Crippen molar-refractivity contribution < 1.29 is 14.3 Å². The summed E-state index contributed by atoms with van der Waals surface area (Å²) in [6.07, 6.45) is 1.42. The van der Waals surface area contributed by atoms with Crippen LogP contribution in [-0.2, 0) is 9.53 Å². The minimum Gasteiger partial charge on any atom is -0.465 e. The third-order valence-corrected chi connectivity index (χ3v) is 4.95. The Bertz CT molecular complexity index is 869. The lowest BCUT2D eigenvalue weighted by atomic mass is 10.0. The van der Waals surface area contributed by atoms with Crippen LogP contribution in [0, 0.1) is 0 Å². The Morgan fingerprint density at radius 3 is 2.36 bits per heavy atom. The van der Waals surface area contributed by atoms with Gasteiger partial charge in [0.1, 0.15) is 6.04 Å². The number of aromatic amines is 1. The van der Waals surface area contributed by atoms with E-state index < -0.39 is 6.04 Å². The highest BCUT2D eigenvalue weighted by Gasteiger charge is 2.32. The standard InChI is InChI=1S/C20H22ClN3O4/c1-2-28-20(27)18(14-3-6-16(21)7-4-14)23-9-11-24(12-10-23)19(26)15-5-8-17(25)22-13-15/h3-8,13,18H,2,9-12H2,1H3,(H,22,25)/t18-/m1/s1. The summed E-state index contributed by atoms with van der Waals surface area (Å²) in [5, 5.41) is 0.600. The molecule has 0 unspecified atom stereocenters. The first-order valence-corrected chi connectivity index (χ1v) is 9.51. The number of H-pyrrole nitrogens is 1. The normalized spacial score (nSPS) is 15.9. The molecule has 0 radical (unpaired) electrons. The molecule has 28 heavy (non-hydrogen) atoms. The Balaban J connectivity index is 1.71. The van der Waals surface area contributed by atoms with Gasteiger partial charge in [-0.1, -0.05) is 23.7 Å². The number of hydrogen-bond donors (Lipinski definition) is 1. The van der Waals surface area contributed by atoms with E-state index in [0.29, 0.717) is 43.4 Å². The molecule has 7 nitrogen and oxygen atoms in total. The van der Waals surface area contributed by atoms with Crippen molar-refractivity contribution >= 4 is 23.5 Å². The Morgan fingerprint density at radius 2 is 1.79 bits per heavy atom. The van der Waals surface area contributed by atoms with E-state index in [1.807, 2.05) is 17.0 Å². The number of nitrogens with one attached hydrogen (secondary N) is 1. The van der Waals surface area contributed by atoms with Crippen molar-refractivity contribution in [2.24, 2.45) is 0 Å². The molecular weight excluding hydrogens is 382 g/mol. The van der Waals surface area contributed by atoms with Gasteiger partial charge < -0.3 is 14.6 Å². The minimum absolute atomic E-state index is 0.143. The number of amides is 1. The molecule has 1 N–H and O–H groups in total. The van der Waals surface area contributed by atoms with Gasteiger partial charge in [0.15, 0.2) is 0 Å². The lowest BCUT2D eigenvalue weighted by Gasteiger charge is -2.38. The average molecular weight is 404 g/mol. The SMILES string of the molecule is CCOC(=O)[C@@H](c1ccc(Cl)cc1)N1CCN(C(=O)c2ccc(=O)[nH]c2)CC1. The van der Waals surface area contributed by atoms with Crippen molar-refractivity contribution in [1.29, 1.82) is 0 Å². The third kappa shape index (κ3) is 4.61. The van der Waals surface area contributed by atoms with Gasteiger partial charge in [-0.15, -0.1) is 0 Å². The van der Waals surface area contributed by atoms with Crippen LogP contribution in [-0.4, -0.2) is 59.4 Å². The number of benzene rings is 1. The van der Waals surface area contributed by atoms with Crippen molar-refractivity contribution in [3.05, 3.63) is 69.1 Å². The number of carbonyl (C=O) groups excluding carboxylic acids is 2. The van der Waals surface area contributed by atoms with Crippen molar-refractivity contribution in [2.75, 3.05) is 32.8 Å². The first-order valence-electron chi connectivity index (χ1n) is 9.13. The summed E-state index contributed by atoms with van der Waals surface area (Å²) in [6.45, 7) is 4.08.